The topological polar surface area (TPSA) is 52.0 Å². The van der Waals surface area contributed by atoms with Crippen LogP contribution in [0.25, 0.3) is 0 Å². The highest BCUT2D eigenvalue weighted by Crippen LogP contribution is 2.23. The molecule has 0 radical (unpaired) electrons. The van der Waals surface area contributed by atoms with Gasteiger partial charge in [0.1, 0.15) is 11.6 Å². The fourth-order valence-corrected chi connectivity index (χ4v) is 2.83. The molecular formula is C13H13Cl2FN2O2S. The number of halogens is 3. The predicted molar refractivity (Wildman–Crippen MR) is 79.9 cm³/mol. The fourth-order valence-electron chi connectivity index (χ4n) is 1.96. The zero-order chi connectivity index (χ0) is 15.8. The highest BCUT2D eigenvalue weighted by atomic mass is 35.7. The maximum absolute atomic E-state index is 13.8. The molecule has 0 amide bonds. The molecule has 1 aromatic heterocycles. The number of benzene rings is 1. The van der Waals surface area contributed by atoms with E-state index in [0.717, 1.165) is 0 Å². The third-order valence-electron chi connectivity index (χ3n) is 2.90. The first-order chi connectivity index (χ1) is 9.68. The minimum Gasteiger partial charge on any atom is -0.329 e. The van der Waals surface area contributed by atoms with E-state index in [2.05, 4.69) is 4.98 Å². The molecule has 8 heteroatoms. The second kappa shape index (κ2) is 5.94. The maximum atomic E-state index is 13.8. The molecule has 1 aromatic carbocycles. The summed E-state index contributed by atoms with van der Waals surface area (Å²) in [6.07, 6.45) is 1.30. The lowest BCUT2D eigenvalue weighted by atomic mass is 10.2. The number of imidazole rings is 1. The summed E-state index contributed by atoms with van der Waals surface area (Å²) in [5, 5.41) is 0.165. The molecule has 0 atom stereocenters. The number of hydrogen-bond donors (Lipinski definition) is 0. The normalized spacial score (nSPS) is 12.1. The van der Waals surface area contributed by atoms with Crippen LogP contribution in [-0.2, 0) is 15.6 Å². The molecule has 4 nitrogen and oxygen atoms in total. The molecular weight excluding hydrogens is 338 g/mol. The summed E-state index contributed by atoms with van der Waals surface area (Å²) in [4.78, 5) is 4.02. The van der Waals surface area contributed by atoms with Crippen molar-refractivity contribution in [2.75, 3.05) is 0 Å². The van der Waals surface area contributed by atoms with Gasteiger partial charge in [0.05, 0.1) is 6.54 Å². The average molecular weight is 351 g/mol. The Morgan fingerprint density at radius 1 is 1.38 bits per heavy atom. The van der Waals surface area contributed by atoms with Gasteiger partial charge >= 0.3 is 0 Å². The molecule has 114 valence electrons. The van der Waals surface area contributed by atoms with Crippen molar-refractivity contribution in [3.8, 4) is 0 Å². The summed E-state index contributed by atoms with van der Waals surface area (Å²) in [6, 6.07) is 4.21. The van der Waals surface area contributed by atoms with E-state index in [1.165, 1.54) is 24.4 Å². The van der Waals surface area contributed by atoms with Crippen molar-refractivity contribution in [2.45, 2.75) is 31.3 Å². The van der Waals surface area contributed by atoms with Gasteiger partial charge in [0, 0.05) is 33.4 Å². The van der Waals surface area contributed by atoms with E-state index >= 15 is 0 Å². The first-order valence-corrected chi connectivity index (χ1v) is 8.83. The standard InChI is InChI=1S/C13H13Cl2FN2O2S/c1-8(2)13-17-12(21(15,19)20)7-18(13)6-9-5-10(14)3-4-11(9)16/h3-5,7-8H,6H2,1-2H3. The number of nitrogens with zero attached hydrogens (tertiary/aromatic N) is 2. The number of hydrogen-bond acceptors (Lipinski definition) is 3. The minimum atomic E-state index is -3.93. The SMILES string of the molecule is CC(C)c1nc(S(=O)(=O)Cl)cn1Cc1cc(Cl)ccc1F. The number of aromatic nitrogens is 2. The summed E-state index contributed by atoms with van der Waals surface area (Å²) in [7, 11) is 1.38. The first-order valence-electron chi connectivity index (χ1n) is 6.14. The summed E-state index contributed by atoms with van der Waals surface area (Å²) in [5.74, 6) is 0.0473. The third-order valence-corrected chi connectivity index (χ3v) is 4.31. The average Bonchev–Trinajstić information content (AvgIpc) is 2.78. The van der Waals surface area contributed by atoms with Crippen LogP contribution < -0.4 is 0 Å². The Kier molecular flexibility index (Phi) is 4.60. The van der Waals surface area contributed by atoms with E-state index in [4.69, 9.17) is 22.3 Å². The van der Waals surface area contributed by atoms with E-state index in [-0.39, 0.29) is 17.5 Å². The highest BCUT2D eigenvalue weighted by Gasteiger charge is 2.20. The van der Waals surface area contributed by atoms with Gasteiger partial charge in [0.2, 0.25) is 0 Å². The molecule has 1 heterocycles. The van der Waals surface area contributed by atoms with Crippen LogP contribution in [0.1, 0.15) is 31.2 Å². The van der Waals surface area contributed by atoms with Crippen molar-refractivity contribution in [3.05, 3.63) is 46.6 Å². The lowest BCUT2D eigenvalue weighted by molar-refractivity contribution is 0.588. The summed E-state index contributed by atoms with van der Waals surface area (Å²) < 4.78 is 38.1. The molecule has 0 aliphatic rings. The molecule has 0 spiro atoms. The van der Waals surface area contributed by atoms with E-state index < -0.39 is 14.9 Å². The predicted octanol–water partition coefficient (Wildman–Crippen LogP) is 3.77. The Morgan fingerprint density at radius 2 is 2.05 bits per heavy atom. The summed E-state index contributed by atoms with van der Waals surface area (Å²) in [5.41, 5.74) is 0.348. The molecule has 0 fully saturated rings. The van der Waals surface area contributed by atoms with Gasteiger partial charge in [-0.25, -0.2) is 17.8 Å². The molecule has 0 unspecified atom stereocenters. The largest absolute Gasteiger partial charge is 0.329 e. The second-order valence-corrected chi connectivity index (χ2v) is 7.84. The smallest absolute Gasteiger partial charge is 0.280 e. The first kappa shape index (κ1) is 16.3. The fraction of sp³-hybridized carbons (Fsp3) is 0.308. The van der Waals surface area contributed by atoms with Gasteiger partial charge in [-0.15, -0.1) is 0 Å². The van der Waals surface area contributed by atoms with Gasteiger partial charge in [-0.3, -0.25) is 0 Å². The lowest BCUT2D eigenvalue weighted by Crippen LogP contribution is -2.07. The van der Waals surface area contributed by atoms with E-state index in [1.807, 2.05) is 13.8 Å². The van der Waals surface area contributed by atoms with Crippen LogP contribution in [0.5, 0.6) is 0 Å². The van der Waals surface area contributed by atoms with Crippen LogP contribution in [0.15, 0.2) is 29.4 Å². The van der Waals surface area contributed by atoms with Crippen LogP contribution in [-0.4, -0.2) is 18.0 Å². The molecule has 0 N–H and O–H groups in total. The van der Waals surface area contributed by atoms with Crippen LogP contribution in [0.2, 0.25) is 5.02 Å². The molecule has 0 aliphatic carbocycles. The van der Waals surface area contributed by atoms with E-state index in [9.17, 15) is 12.8 Å². The Morgan fingerprint density at radius 3 is 2.62 bits per heavy atom. The monoisotopic (exact) mass is 350 g/mol. The van der Waals surface area contributed by atoms with Gasteiger partial charge in [0.15, 0.2) is 5.03 Å². The molecule has 0 saturated carbocycles. The summed E-state index contributed by atoms with van der Waals surface area (Å²) in [6.45, 7) is 3.84. The molecule has 0 aliphatic heterocycles. The van der Waals surface area contributed by atoms with Crippen LogP contribution in [0.4, 0.5) is 4.39 Å². The van der Waals surface area contributed by atoms with Gasteiger partial charge < -0.3 is 4.57 Å². The van der Waals surface area contributed by atoms with Gasteiger partial charge in [-0.1, -0.05) is 25.4 Å². The van der Waals surface area contributed by atoms with E-state index in [1.54, 1.807) is 4.57 Å². The Balaban J connectivity index is 2.48. The van der Waals surface area contributed by atoms with Crippen LogP contribution >= 0.6 is 22.3 Å². The Hall–Kier alpha value is -1.11. The van der Waals surface area contributed by atoms with Crippen molar-refractivity contribution in [1.29, 1.82) is 0 Å². The maximum Gasteiger partial charge on any atom is 0.280 e. The van der Waals surface area contributed by atoms with Gasteiger partial charge in [0.25, 0.3) is 9.05 Å². The van der Waals surface area contributed by atoms with Crippen LogP contribution in [0.3, 0.4) is 0 Å². The molecule has 2 rings (SSSR count). The minimum absolute atomic E-state index is 0.0422. The molecule has 0 saturated heterocycles. The zero-order valence-corrected chi connectivity index (χ0v) is 13.7. The molecule has 2 aromatic rings. The van der Waals surface area contributed by atoms with Gasteiger partial charge in [-0.05, 0) is 18.2 Å². The van der Waals surface area contributed by atoms with Gasteiger partial charge in [-0.2, -0.15) is 0 Å². The summed E-state index contributed by atoms with van der Waals surface area (Å²) >= 11 is 5.85. The van der Waals surface area contributed by atoms with Crippen molar-refractivity contribution in [3.63, 3.8) is 0 Å². The molecule has 21 heavy (non-hydrogen) atoms. The van der Waals surface area contributed by atoms with Crippen molar-refractivity contribution in [1.82, 2.24) is 9.55 Å². The van der Waals surface area contributed by atoms with Crippen LogP contribution in [0, 0.1) is 5.82 Å². The van der Waals surface area contributed by atoms with E-state index in [0.29, 0.717) is 16.4 Å². The Labute approximate surface area is 131 Å². The zero-order valence-electron chi connectivity index (χ0n) is 11.3. The van der Waals surface area contributed by atoms with Crippen molar-refractivity contribution in [2.24, 2.45) is 0 Å². The quantitative estimate of drug-likeness (QED) is 0.788. The lowest BCUT2D eigenvalue weighted by Gasteiger charge is -2.11. The van der Waals surface area contributed by atoms with Crippen molar-refractivity contribution < 1.29 is 12.8 Å². The molecule has 0 bridgehead atoms. The highest BCUT2D eigenvalue weighted by molar-refractivity contribution is 8.13. The third kappa shape index (κ3) is 3.75. The van der Waals surface area contributed by atoms with Crippen molar-refractivity contribution >= 4 is 31.3 Å². The second-order valence-electron chi connectivity index (χ2n) is 4.89. The number of rotatable bonds is 4. The Bertz CT molecular complexity index is 772.